The predicted molar refractivity (Wildman–Crippen MR) is 214 cm³/mol. The first kappa shape index (κ1) is 35.9. The summed E-state index contributed by atoms with van der Waals surface area (Å²) in [7, 11) is 17.4. The molecule has 2 aliphatic rings. The first-order chi connectivity index (χ1) is 22.4. The van der Waals surface area contributed by atoms with Crippen LogP contribution in [0.1, 0.15) is 108 Å². The fourth-order valence-corrected chi connectivity index (χ4v) is 40.9. The molecule has 0 spiro atoms. The van der Waals surface area contributed by atoms with Gasteiger partial charge in [0.25, 0.3) is 0 Å². The maximum atomic E-state index is 8.68. The van der Waals surface area contributed by atoms with Crippen LogP contribution in [0.25, 0.3) is 34.4 Å². The number of allylic oxidation sites excluding steroid dienone is 2. The molecule has 0 radical (unpaired) electrons. The number of hydrogen-bond donors (Lipinski definition) is 0. The van der Waals surface area contributed by atoms with Gasteiger partial charge in [-0.15, -0.1) is 0 Å². The van der Waals surface area contributed by atoms with Crippen LogP contribution in [0, 0.1) is 12.8 Å². The third-order valence-electron chi connectivity index (χ3n) is 11.5. The Kier molecular flexibility index (Phi) is 9.46. The van der Waals surface area contributed by atoms with Crippen LogP contribution in [0.3, 0.4) is 0 Å². The summed E-state index contributed by atoms with van der Waals surface area (Å²) in [6.45, 7) is 25.5. The van der Waals surface area contributed by atoms with Crippen molar-refractivity contribution in [1.82, 2.24) is 0 Å². The molecule has 2 aliphatic carbocycles. The van der Waals surface area contributed by atoms with Gasteiger partial charge in [0, 0.05) is 0 Å². The molecule has 0 saturated carbocycles. The summed E-state index contributed by atoms with van der Waals surface area (Å²) in [4.78, 5) is 0. The van der Waals surface area contributed by atoms with Gasteiger partial charge in [0.2, 0.25) is 0 Å². The van der Waals surface area contributed by atoms with Crippen LogP contribution < -0.4 is 0 Å². The van der Waals surface area contributed by atoms with Crippen LogP contribution in [0.15, 0.2) is 90.0 Å². The van der Waals surface area contributed by atoms with Crippen molar-refractivity contribution in [3.8, 4) is 22.3 Å². The summed E-state index contributed by atoms with van der Waals surface area (Å²) in [6.07, 6.45) is 4.93. The molecule has 0 amide bonds. The fraction of sp³-hybridized carbons (Fsp3) is 0.364. The topological polar surface area (TPSA) is 0 Å². The first-order valence-corrected chi connectivity index (χ1v) is 34.2. The van der Waals surface area contributed by atoms with Gasteiger partial charge in [-0.1, -0.05) is 0 Å². The van der Waals surface area contributed by atoms with Crippen molar-refractivity contribution in [2.24, 2.45) is 5.92 Å². The van der Waals surface area contributed by atoms with Gasteiger partial charge in [-0.05, 0) is 0 Å². The Morgan fingerprint density at radius 2 is 1.25 bits per heavy atom. The van der Waals surface area contributed by atoms with Crippen molar-refractivity contribution in [1.29, 1.82) is 0 Å². The molecule has 0 nitrogen and oxygen atoms in total. The summed E-state index contributed by atoms with van der Waals surface area (Å²) >= 11 is -4.85. The Labute approximate surface area is 299 Å². The van der Waals surface area contributed by atoms with E-state index >= 15 is 0 Å². The average Bonchev–Trinajstić information content (AvgIpc) is 3.61. The Morgan fingerprint density at radius 3 is 1.79 bits per heavy atom. The van der Waals surface area contributed by atoms with Gasteiger partial charge in [0.1, 0.15) is 0 Å². The third-order valence-corrected chi connectivity index (χ3v) is 63.5. The zero-order valence-electron chi connectivity index (χ0n) is 30.8. The second kappa shape index (κ2) is 12.7. The van der Waals surface area contributed by atoms with Crippen molar-refractivity contribution >= 4 is 35.1 Å². The normalized spacial score (nSPS) is 18.5. The van der Waals surface area contributed by atoms with Crippen LogP contribution >= 0.6 is 17.0 Å². The second-order valence-corrected chi connectivity index (χ2v) is 59.1. The summed E-state index contributed by atoms with van der Waals surface area (Å²) in [5, 5.41) is 0. The number of aryl methyl sites for hydroxylation is 1. The number of benzene rings is 4. The van der Waals surface area contributed by atoms with Gasteiger partial charge >= 0.3 is 302 Å². The molecule has 0 aliphatic heterocycles. The van der Waals surface area contributed by atoms with E-state index in [1.807, 2.05) is 0 Å². The van der Waals surface area contributed by atoms with E-state index in [2.05, 4.69) is 166 Å². The molecule has 0 saturated heterocycles. The monoisotopic (exact) mass is 769 g/mol. The van der Waals surface area contributed by atoms with Crippen LogP contribution in [-0.2, 0) is 21.0 Å². The zero-order chi connectivity index (χ0) is 34.9. The van der Waals surface area contributed by atoms with Gasteiger partial charge in [-0.2, -0.15) is 0 Å². The molecule has 0 N–H and O–H groups in total. The number of hydrogen-bond acceptors (Lipinski definition) is 0. The molecule has 0 fully saturated rings. The molecule has 0 aromatic heterocycles. The zero-order valence-corrected chi connectivity index (χ0v) is 35.9. The number of rotatable bonds is 7. The van der Waals surface area contributed by atoms with E-state index in [0.29, 0.717) is 11.8 Å². The molecule has 251 valence electrons. The molecule has 2 atom stereocenters. The quantitative estimate of drug-likeness (QED) is 0.164. The Balaban J connectivity index is 1.55. The van der Waals surface area contributed by atoms with Gasteiger partial charge < -0.3 is 0 Å². The molecule has 0 bridgehead atoms. The molecule has 4 aromatic carbocycles. The van der Waals surface area contributed by atoms with Crippen molar-refractivity contribution in [3.05, 3.63) is 129 Å². The Hall–Kier alpha value is -1.96. The van der Waals surface area contributed by atoms with Crippen LogP contribution in [0.2, 0.25) is 13.1 Å². The summed E-state index contributed by atoms with van der Waals surface area (Å²) in [6, 6.07) is 29.9. The van der Waals surface area contributed by atoms with Crippen molar-refractivity contribution in [3.63, 3.8) is 0 Å². The van der Waals surface area contributed by atoms with Crippen LogP contribution in [0.4, 0.5) is 0 Å². The van der Waals surface area contributed by atoms with E-state index < -0.39 is 21.5 Å². The molecule has 2 unspecified atom stereocenters. The number of halogens is 2. The summed E-state index contributed by atoms with van der Waals surface area (Å²) < 4.78 is 0.164. The Bertz CT molecular complexity index is 1940. The average molecular weight is 772 g/mol. The second-order valence-electron chi connectivity index (χ2n) is 16.6. The first-order valence-electron chi connectivity index (χ1n) is 17.9. The van der Waals surface area contributed by atoms with Crippen molar-refractivity contribution < 1.29 is 15.6 Å². The minimum atomic E-state index is -4.85. The van der Waals surface area contributed by atoms with Gasteiger partial charge in [0.15, 0.2) is 0 Å². The number of fused-ring (bicyclic) bond motifs is 2. The molecule has 0 heterocycles. The van der Waals surface area contributed by atoms with E-state index in [-0.39, 0.29) is 12.7 Å². The Morgan fingerprint density at radius 1 is 0.667 bits per heavy atom. The molecule has 48 heavy (non-hydrogen) atoms. The third kappa shape index (κ3) is 5.76. The van der Waals surface area contributed by atoms with Crippen molar-refractivity contribution in [2.75, 3.05) is 0 Å². The van der Waals surface area contributed by atoms with Crippen molar-refractivity contribution in [2.45, 2.75) is 94.0 Å². The molecular weight excluding hydrogens is 719 g/mol. The van der Waals surface area contributed by atoms with E-state index in [1.54, 1.807) is 0 Å². The van der Waals surface area contributed by atoms with E-state index in [9.17, 15) is 0 Å². The predicted octanol–water partition coefficient (Wildman–Crippen LogP) is 14.0. The van der Waals surface area contributed by atoms with Gasteiger partial charge in [0.05, 0.1) is 0 Å². The summed E-state index contributed by atoms with van der Waals surface area (Å²) in [5.41, 5.74) is 17.4. The molecular formula is C44H53Cl2SiZr. The molecule has 4 aromatic rings. The standard InChI is InChI=1S/2C21H23.C2H7Si.2ClH.Zr/c1-14-12-19-15(2)6-11-18(20(19)13-14)16-7-9-17(10-8-16)21(3,4)5;1-14(2)16-8-10-17(11-9-16)20-7-5-6-18-12-19(15(3)4)13-21(18)20;1-3-2;;;/h6-13H,1-5H3;5-15H,1-4H3;3H,1-2H3;2*1H;/q;;;;;+2/p-2. The molecule has 4 heteroatoms. The minimum absolute atomic E-state index is 0.0809. The van der Waals surface area contributed by atoms with Crippen LogP contribution in [-0.4, -0.2) is 5.92 Å². The molecule has 6 rings (SSSR count). The van der Waals surface area contributed by atoms with E-state index in [4.69, 9.17) is 17.0 Å². The van der Waals surface area contributed by atoms with E-state index in [1.165, 1.54) is 72.3 Å². The SMILES string of the molecule is CC1=Cc2c(-c3ccc(C(C)(C)C)cc3)ccc(C)c2[CH]1[Zr]([Cl])([Cl])([CH]1C(C(C)C)=Cc2c(-c3ccc(C(C)C)cc3)cccc21)[SiH](C)C. The summed E-state index contributed by atoms with van der Waals surface area (Å²) in [5.74, 6) is -0.792. The maximum absolute atomic E-state index is 8.68. The fourth-order valence-electron chi connectivity index (χ4n) is 8.61. The van der Waals surface area contributed by atoms with Gasteiger partial charge in [-0.25, -0.2) is 0 Å². The van der Waals surface area contributed by atoms with E-state index in [0.717, 1.165) is 0 Å². The van der Waals surface area contributed by atoms with Crippen LogP contribution in [0.5, 0.6) is 0 Å². The van der Waals surface area contributed by atoms with Gasteiger partial charge in [-0.3, -0.25) is 0 Å².